The van der Waals surface area contributed by atoms with E-state index >= 15 is 0 Å². The Hall–Kier alpha value is -1.28. The molecule has 0 radical (unpaired) electrons. The van der Waals surface area contributed by atoms with Gasteiger partial charge in [-0.1, -0.05) is 19.1 Å². The van der Waals surface area contributed by atoms with Gasteiger partial charge >= 0.3 is 0 Å². The second-order valence-electron chi connectivity index (χ2n) is 3.68. The number of hydrogen-bond acceptors (Lipinski definition) is 2. The van der Waals surface area contributed by atoms with Crippen molar-refractivity contribution in [3.63, 3.8) is 0 Å². The van der Waals surface area contributed by atoms with E-state index in [1.54, 1.807) is 6.07 Å². The van der Waals surface area contributed by atoms with Crippen LogP contribution in [0.1, 0.15) is 30.9 Å². The number of benzene rings is 1. The number of aryl methyl sites for hydroxylation is 1. The predicted octanol–water partition coefficient (Wildman–Crippen LogP) is 2.84. The van der Waals surface area contributed by atoms with Gasteiger partial charge in [-0.15, -0.1) is 0 Å². The molecule has 0 heterocycles. The third-order valence-electron chi connectivity index (χ3n) is 2.43. The number of rotatable bonds is 4. The van der Waals surface area contributed by atoms with Gasteiger partial charge in [0.25, 0.3) is 0 Å². The zero-order chi connectivity index (χ0) is 11.3. The van der Waals surface area contributed by atoms with Crippen molar-refractivity contribution in [2.45, 2.75) is 26.7 Å². The summed E-state index contributed by atoms with van der Waals surface area (Å²) in [5.74, 6) is 0.314. The Balaban J connectivity index is 3.10. The van der Waals surface area contributed by atoms with Crippen LogP contribution in [0.3, 0.4) is 0 Å². The first-order chi connectivity index (χ1) is 7.19. The van der Waals surface area contributed by atoms with Crippen LogP contribution < -0.4 is 5.73 Å². The van der Waals surface area contributed by atoms with E-state index in [2.05, 4.69) is 19.9 Å². The van der Waals surface area contributed by atoms with E-state index in [4.69, 9.17) is 5.73 Å². The lowest BCUT2D eigenvalue weighted by atomic mass is 9.97. The standard InChI is InChI=1S/C13H19NO/c1-3-4-11(7-8-14)13-9-12(15)6-5-10(13)2/h4-6,9,15H,3,7-8,14H2,1-2H3/b11-4-. The second kappa shape index (κ2) is 5.56. The largest absolute Gasteiger partial charge is 0.508 e. The van der Waals surface area contributed by atoms with Gasteiger partial charge in [0.2, 0.25) is 0 Å². The van der Waals surface area contributed by atoms with Crippen molar-refractivity contribution in [1.82, 2.24) is 0 Å². The molecule has 1 aromatic rings. The number of allylic oxidation sites excluding steroid dienone is 1. The normalized spacial score (nSPS) is 11.8. The van der Waals surface area contributed by atoms with E-state index in [0.29, 0.717) is 12.3 Å². The summed E-state index contributed by atoms with van der Waals surface area (Å²) in [5.41, 5.74) is 9.11. The molecule has 0 aliphatic carbocycles. The molecule has 0 unspecified atom stereocenters. The van der Waals surface area contributed by atoms with Crippen LogP contribution in [0.25, 0.3) is 5.57 Å². The maximum Gasteiger partial charge on any atom is 0.116 e. The molecule has 0 fully saturated rings. The van der Waals surface area contributed by atoms with E-state index in [1.165, 1.54) is 11.1 Å². The number of hydrogen-bond donors (Lipinski definition) is 2. The molecule has 15 heavy (non-hydrogen) atoms. The maximum atomic E-state index is 9.46. The molecule has 0 atom stereocenters. The van der Waals surface area contributed by atoms with Crippen LogP contribution in [-0.4, -0.2) is 11.7 Å². The summed E-state index contributed by atoms with van der Waals surface area (Å²) in [4.78, 5) is 0. The van der Waals surface area contributed by atoms with E-state index in [0.717, 1.165) is 18.4 Å². The molecule has 0 saturated heterocycles. The lowest BCUT2D eigenvalue weighted by Gasteiger charge is -2.10. The first kappa shape index (κ1) is 11.8. The van der Waals surface area contributed by atoms with E-state index in [-0.39, 0.29) is 0 Å². The lowest BCUT2D eigenvalue weighted by molar-refractivity contribution is 0.475. The van der Waals surface area contributed by atoms with Crippen molar-refractivity contribution >= 4 is 5.57 Å². The minimum absolute atomic E-state index is 0.314. The van der Waals surface area contributed by atoms with Crippen LogP contribution in [0.15, 0.2) is 24.3 Å². The average molecular weight is 205 g/mol. The molecule has 0 saturated carbocycles. The molecule has 2 heteroatoms. The Bertz CT molecular complexity index is 356. The summed E-state index contributed by atoms with van der Waals surface area (Å²) in [6, 6.07) is 5.46. The fourth-order valence-corrected chi connectivity index (χ4v) is 1.70. The molecule has 0 aromatic heterocycles. The Morgan fingerprint density at radius 2 is 2.20 bits per heavy atom. The van der Waals surface area contributed by atoms with Crippen molar-refractivity contribution in [3.8, 4) is 5.75 Å². The van der Waals surface area contributed by atoms with Crippen molar-refractivity contribution in [1.29, 1.82) is 0 Å². The van der Waals surface area contributed by atoms with Gasteiger partial charge in [0, 0.05) is 0 Å². The zero-order valence-electron chi connectivity index (χ0n) is 9.46. The summed E-state index contributed by atoms with van der Waals surface area (Å²) in [6.07, 6.45) is 4.02. The van der Waals surface area contributed by atoms with Gasteiger partial charge in [-0.3, -0.25) is 0 Å². The first-order valence-electron chi connectivity index (χ1n) is 5.38. The van der Waals surface area contributed by atoms with Crippen molar-refractivity contribution in [3.05, 3.63) is 35.4 Å². The number of aromatic hydroxyl groups is 1. The average Bonchev–Trinajstić information content (AvgIpc) is 2.21. The highest BCUT2D eigenvalue weighted by molar-refractivity contribution is 5.69. The number of phenols is 1. The summed E-state index contributed by atoms with van der Waals surface area (Å²) in [5, 5.41) is 9.46. The molecule has 1 rings (SSSR count). The van der Waals surface area contributed by atoms with E-state index < -0.39 is 0 Å². The van der Waals surface area contributed by atoms with Crippen LogP contribution in [0.2, 0.25) is 0 Å². The van der Waals surface area contributed by atoms with Crippen LogP contribution in [0.5, 0.6) is 5.75 Å². The molecular weight excluding hydrogens is 186 g/mol. The third-order valence-corrected chi connectivity index (χ3v) is 2.43. The second-order valence-corrected chi connectivity index (χ2v) is 3.68. The van der Waals surface area contributed by atoms with E-state index in [9.17, 15) is 5.11 Å². The Morgan fingerprint density at radius 1 is 1.47 bits per heavy atom. The molecule has 0 spiro atoms. The summed E-state index contributed by atoms with van der Waals surface area (Å²) in [7, 11) is 0. The highest BCUT2D eigenvalue weighted by atomic mass is 16.3. The van der Waals surface area contributed by atoms with E-state index in [1.807, 2.05) is 12.1 Å². The zero-order valence-corrected chi connectivity index (χ0v) is 9.46. The molecular formula is C13H19NO. The van der Waals surface area contributed by atoms with Crippen LogP contribution in [0, 0.1) is 6.92 Å². The van der Waals surface area contributed by atoms with Gasteiger partial charge in [0.05, 0.1) is 0 Å². The van der Waals surface area contributed by atoms with Gasteiger partial charge in [-0.05, 0) is 55.1 Å². The SMILES string of the molecule is CC/C=C(/CCN)c1cc(O)ccc1C. The number of nitrogens with two attached hydrogens (primary N) is 1. The smallest absolute Gasteiger partial charge is 0.116 e. The first-order valence-corrected chi connectivity index (χ1v) is 5.38. The molecule has 0 aliphatic rings. The molecule has 0 aliphatic heterocycles. The molecule has 1 aromatic carbocycles. The Morgan fingerprint density at radius 3 is 2.80 bits per heavy atom. The molecule has 0 bridgehead atoms. The predicted molar refractivity (Wildman–Crippen MR) is 64.8 cm³/mol. The Kier molecular flexibility index (Phi) is 4.37. The summed E-state index contributed by atoms with van der Waals surface area (Å²) < 4.78 is 0. The summed E-state index contributed by atoms with van der Waals surface area (Å²) >= 11 is 0. The third kappa shape index (κ3) is 3.10. The van der Waals surface area contributed by atoms with Gasteiger partial charge in [0.1, 0.15) is 5.75 Å². The lowest BCUT2D eigenvalue weighted by Crippen LogP contribution is -2.01. The minimum Gasteiger partial charge on any atom is -0.508 e. The molecule has 82 valence electrons. The van der Waals surface area contributed by atoms with Gasteiger partial charge in [-0.25, -0.2) is 0 Å². The van der Waals surface area contributed by atoms with Gasteiger partial charge in [-0.2, -0.15) is 0 Å². The van der Waals surface area contributed by atoms with Crippen LogP contribution in [0.4, 0.5) is 0 Å². The molecule has 0 amide bonds. The highest BCUT2D eigenvalue weighted by Crippen LogP contribution is 2.25. The van der Waals surface area contributed by atoms with Crippen molar-refractivity contribution < 1.29 is 5.11 Å². The molecule has 2 nitrogen and oxygen atoms in total. The van der Waals surface area contributed by atoms with Crippen LogP contribution in [-0.2, 0) is 0 Å². The van der Waals surface area contributed by atoms with Crippen LogP contribution >= 0.6 is 0 Å². The topological polar surface area (TPSA) is 46.2 Å². The fraction of sp³-hybridized carbons (Fsp3) is 0.385. The maximum absolute atomic E-state index is 9.46. The summed E-state index contributed by atoms with van der Waals surface area (Å²) in [6.45, 7) is 4.80. The number of phenolic OH excluding ortho intramolecular Hbond substituents is 1. The minimum atomic E-state index is 0.314. The highest BCUT2D eigenvalue weighted by Gasteiger charge is 2.05. The molecule has 3 N–H and O–H groups in total. The quantitative estimate of drug-likeness (QED) is 0.794. The Labute approximate surface area is 91.4 Å². The van der Waals surface area contributed by atoms with Gasteiger partial charge in [0.15, 0.2) is 0 Å². The van der Waals surface area contributed by atoms with Crippen molar-refractivity contribution in [2.75, 3.05) is 6.54 Å². The van der Waals surface area contributed by atoms with Crippen molar-refractivity contribution in [2.24, 2.45) is 5.73 Å². The van der Waals surface area contributed by atoms with Gasteiger partial charge < -0.3 is 10.8 Å². The fourth-order valence-electron chi connectivity index (χ4n) is 1.70. The monoisotopic (exact) mass is 205 g/mol.